The largest absolute Gasteiger partial charge is 0.510 e. The first kappa shape index (κ1) is 16.7. The van der Waals surface area contributed by atoms with Crippen molar-refractivity contribution < 1.29 is 18.3 Å². The molecule has 0 fully saturated rings. The van der Waals surface area contributed by atoms with E-state index in [1.807, 2.05) is 0 Å². The Hall–Kier alpha value is -2.40. The molecule has 0 amide bonds. The third-order valence-corrected chi connectivity index (χ3v) is 2.60. The second-order valence-electron chi connectivity index (χ2n) is 3.81. The lowest BCUT2D eigenvalue weighted by molar-refractivity contribution is -0.137. The molecule has 0 atom stereocenters. The molecule has 1 heterocycles. The number of aromatic nitrogens is 1. The number of aliphatic hydroxyl groups excluding tert-OH is 1. The normalized spacial score (nSPS) is 12.1. The predicted octanol–water partition coefficient (Wildman–Crippen LogP) is 3.75. The summed E-state index contributed by atoms with van der Waals surface area (Å²) in [5, 5.41) is 21.0. The van der Waals surface area contributed by atoms with Gasteiger partial charge in [0, 0.05) is 12.6 Å². The minimum atomic E-state index is -4.48. The lowest BCUT2D eigenvalue weighted by atomic mass is 10.2. The molecule has 8 heteroatoms. The van der Waals surface area contributed by atoms with Crippen molar-refractivity contribution in [2.24, 2.45) is 0 Å². The lowest BCUT2D eigenvalue weighted by Gasteiger charge is -2.09. The number of thiocarbonyl (C=S) groups is 1. The van der Waals surface area contributed by atoms with Crippen molar-refractivity contribution in [3.63, 3.8) is 0 Å². The molecule has 0 spiro atoms. The molecule has 1 aromatic heterocycles. The zero-order valence-electron chi connectivity index (χ0n) is 10.6. The summed E-state index contributed by atoms with van der Waals surface area (Å²) in [6.07, 6.45) is -2.41. The van der Waals surface area contributed by atoms with Gasteiger partial charge in [0.2, 0.25) is 0 Å². The van der Waals surface area contributed by atoms with Gasteiger partial charge >= 0.3 is 6.18 Å². The average molecular weight is 313 g/mol. The third kappa shape index (κ3) is 4.57. The molecular weight excluding hydrogens is 303 g/mol. The van der Waals surface area contributed by atoms with Crippen molar-refractivity contribution in [3.8, 4) is 6.07 Å². The molecule has 0 saturated carbocycles. The van der Waals surface area contributed by atoms with Gasteiger partial charge in [-0.15, -0.1) is 6.58 Å². The minimum absolute atomic E-state index is 0.0344. The highest BCUT2D eigenvalue weighted by Crippen LogP contribution is 2.28. The average Bonchev–Trinajstić information content (AvgIpc) is 2.39. The molecule has 0 aliphatic rings. The third-order valence-electron chi connectivity index (χ3n) is 2.30. The van der Waals surface area contributed by atoms with Gasteiger partial charge in [0.1, 0.15) is 28.2 Å². The summed E-state index contributed by atoms with van der Waals surface area (Å²) in [4.78, 5) is 3.42. The minimum Gasteiger partial charge on any atom is -0.510 e. The van der Waals surface area contributed by atoms with Gasteiger partial charge in [-0.3, -0.25) is 0 Å². The second-order valence-corrected chi connectivity index (χ2v) is 4.22. The first-order valence-corrected chi connectivity index (χ1v) is 5.98. The van der Waals surface area contributed by atoms with Crippen LogP contribution in [0.15, 0.2) is 42.3 Å². The Labute approximate surface area is 124 Å². The Morgan fingerprint density at radius 3 is 2.62 bits per heavy atom. The summed E-state index contributed by atoms with van der Waals surface area (Å²) in [5.74, 6) is -0.246. The van der Waals surface area contributed by atoms with Crippen molar-refractivity contribution in [3.05, 3.63) is 47.9 Å². The summed E-state index contributed by atoms with van der Waals surface area (Å²) in [7, 11) is 0. The molecular formula is C13H10F3N3OS. The fourth-order valence-electron chi connectivity index (χ4n) is 1.30. The number of rotatable bonds is 4. The molecule has 110 valence electrons. The number of allylic oxidation sites excluding steroid dienone is 1. The quantitative estimate of drug-likeness (QED) is 0.291. The van der Waals surface area contributed by atoms with E-state index in [9.17, 15) is 18.3 Å². The van der Waals surface area contributed by atoms with Gasteiger partial charge in [0.05, 0.1) is 5.56 Å². The van der Waals surface area contributed by atoms with Crippen LogP contribution in [0.25, 0.3) is 0 Å². The molecule has 0 saturated heterocycles. The number of nitrogens with zero attached hydrogens (tertiary/aromatic N) is 2. The van der Waals surface area contributed by atoms with Gasteiger partial charge in [-0.25, -0.2) is 4.98 Å². The maximum Gasteiger partial charge on any atom is 0.417 e. The monoisotopic (exact) mass is 313 g/mol. The Balaban J connectivity index is 2.91. The van der Waals surface area contributed by atoms with Crippen LogP contribution in [0.2, 0.25) is 0 Å². The van der Waals surface area contributed by atoms with Crippen LogP contribution in [0.3, 0.4) is 0 Å². The number of aliphatic hydroxyl groups is 1. The fraction of sp³-hybridized carbons (Fsp3) is 0.154. The van der Waals surface area contributed by atoms with E-state index in [1.165, 1.54) is 6.08 Å². The first-order chi connectivity index (χ1) is 9.79. The SMILES string of the molecule is C=CCC(O)=C(C#N)C(=S)Nc1ccc(C(F)(F)F)cn1. The van der Waals surface area contributed by atoms with Crippen LogP contribution in [-0.2, 0) is 6.18 Å². The summed E-state index contributed by atoms with van der Waals surface area (Å²) in [5.41, 5.74) is -1.09. The van der Waals surface area contributed by atoms with Crippen LogP contribution in [-0.4, -0.2) is 15.1 Å². The molecule has 4 nitrogen and oxygen atoms in total. The topological polar surface area (TPSA) is 68.9 Å². The smallest absolute Gasteiger partial charge is 0.417 e. The molecule has 0 aliphatic carbocycles. The van der Waals surface area contributed by atoms with Crippen LogP contribution < -0.4 is 5.32 Å². The van der Waals surface area contributed by atoms with E-state index in [0.29, 0.717) is 6.20 Å². The molecule has 0 radical (unpaired) electrons. The highest BCUT2D eigenvalue weighted by molar-refractivity contribution is 7.81. The van der Waals surface area contributed by atoms with Gasteiger partial charge in [0.15, 0.2) is 0 Å². The lowest BCUT2D eigenvalue weighted by Crippen LogP contribution is -2.14. The number of hydrogen-bond donors (Lipinski definition) is 2. The first-order valence-electron chi connectivity index (χ1n) is 5.57. The van der Waals surface area contributed by atoms with Crippen molar-refractivity contribution >= 4 is 23.0 Å². The van der Waals surface area contributed by atoms with Crippen molar-refractivity contribution in [2.45, 2.75) is 12.6 Å². The van der Waals surface area contributed by atoms with Gasteiger partial charge in [0.25, 0.3) is 0 Å². The maximum absolute atomic E-state index is 12.4. The standard InChI is InChI=1S/C13H10F3N3OS/c1-2-3-10(20)9(6-17)12(21)19-11-5-4-8(7-18-11)13(14,15)16/h2,4-5,7,20H,1,3H2,(H,18,19,21). The maximum atomic E-state index is 12.4. The van der Waals surface area contributed by atoms with E-state index < -0.39 is 11.7 Å². The number of hydrogen-bond acceptors (Lipinski definition) is 4. The van der Waals surface area contributed by atoms with E-state index in [2.05, 4.69) is 16.9 Å². The Kier molecular flexibility index (Phi) is 5.44. The Morgan fingerprint density at radius 1 is 1.52 bits per heavy atom. The zero-order valence-corrected chi connectivity index (χ0v) is 11.4. The van der Waals surface area contributed by atoms with E-state index in [4.69, 9.17) is 17.5 Å². The van der Waals surface area contributed by atoms with Crippen LogP contribution in [0.5, 0.6) is 0 Å². The molecule has 0 bridgehead atoms. The highest BCUT2D eigenvalue weighted by atomic mass is 32.1. The van der Waals surface area contributed by atoms with Crippen LogP contribution in [0.4, 0.5) is 19.0 Å². The molecule has 1 aromatic rings. The number of halogens is 3. The number of nitrogens with one attached hydrogen (secondary N) is 1. The van der Waals surface area contributed by atoms with Gasteiger partial charge < -0.3 is 10.4 Å². The van der Waals surface area contributed by atoms with Gasteiger partial charge in [-0.05, 0) is 12.1 Å². The summed E-state index contributed by atoms with van der Waals surface area (Å²) >= 11 is 4.91. The Bertz CT molecular complexity index is 615. The molecule has 2 N–H and O–H groups in total. The van der Waals surface area contributed by atoms with E-state index in [-0.39, 0.29) is 28.6 Å². The number of pyridine rings is 1. The molecule has 1 rings (SSSR count). The second kappa shape index (κ2) is 6.85. The van der Waals surface area contributed by atoms with Crippen LogP contribution >= 0.6 is 12.2 Å². The van der Waals surface area contributed by atoms with Gasteiger partial charge in [-0.2, -0.15) is 18.4 Å². The fourth-order valence-corrected chi connectivity index (χ4v) is 1.57. The number of anilines is 1. The molecule has 0 aliphatic heterocycles. The number of nitriles is 1. The van der Waals surface area contributed by atoms with Crippen molar-refractivity contribution in [1.82, 2.24) is 4.98 Å². The molecule has 0 unspecified atom stereocenters. The van der Waals surface area contributed by atoms with Crippen molar-refractivity contribution in [1.29, 1.82) is 5.26 Å². The van der Waals surface area contributed by atoms with E-state index >= 15 is 0 Å². The predicted molar refractivity (Wildman–Crippen MR) is 75.5 cm³/mol. The highest BCUT2D eigenvalue weighted by Gasteiger charge is 2.30. The van der Waals surface area contributed by atoms with E-state index in [1.54, 1.807) is 6.07 Å². The van der Waals surface area contributed by atoms with Crippen LogP contribution in [0, 0.1) is 11.3 Å². The van der Waals surface area contributed by atoms with Crippen LogP contribution in [0.1, 0.15) is 12.0 Å². The molecule has 21 heavy (non-hydrogen) atoms. The summed E-state index contributed by atoms with van der Waals surface area (Å²) < 4.78 is 37.1. The zero-order chi connectivity index (χ0) is 16.0. The number of alkyl halides is 3. The summed E-state index contributed by atoms with van der Waals surface area (Å²) in [6, 6.07) is 3.62. The van der Waals surface area contributed by atoms with Gasteiger partial charge in [-0.1, -0.05) is 18.3 Å². The molecule has 0 aromatic carbocycles. The Morgan fingerprint density at radius 2 is 2.19 bits per heavy atom. The summed E-state index contributed by atoms with van der Waals surface area (Å²) in [6.45, 7) is 3.41. The van der Waals surface area contributed by atoms with Crippen molar-refractivity contribution in [2.75, 3.05) is 5.32 Å². The van der Waals surface area contributed by atoms with E-state index in [0.717, 1.165) is 12.1 Å².